The number of fused-ring (bicyclic) bond motifs is 1. The minimum Gasteiger partial charge on any atom is -0.272 e. The van der Waals surface area contributed by atoms with E-state index in [4.69, 9.17) is 4.84 Å². The molecule has 0 aromatic carbocycles. The predicted octanol–water partition coefficient (Wildman–Crippen LogP) is 0.555. The molecule has 2 fully saturated rings. The van der Waals surface area contributed by atoms with E-state index >= 15 is 0 Å². The third-order valence-corrected chi connectivity index (χ3v) is 2.38. The first-order chi connectivity index (χ1) is 5.27. The highest BCUT2D eigenvalue weighted by Gasteiger charge is 2.41. The standard InChI is InChI=1S/C7H10FNO2/c8-4-1-2-5-6(3-4)11-9-7(5)10/h4-6H,1-3H2,(H,9,10). The summed E-state index contributed by atoms with van der Waals surface area (Å²) in [6.07, 6.45) is 0.481. The number of hydroxylamine groups is 1. The van der Waals surface area contributed by atoms with Gasteiger partial charge in [-0.25, -0.2) is 9.87 Å². The summed E-state index contributed by atoms with van der Waals surface area (Å²) in [7, 11) is 0. The summed E-state index contributed by atoms with van der Waals surface area (Å²) >= 11 is 0. The maximum absolute atomic E-state index is 12.7. The van der Waals surface area contributed by atoms with Gasteiger partial charge in [0.05, 0.1) is 12.0 Å². The summed E-state index contributed by atoms with van der Waals surface area (Å²) in [4.78, 5) is 15.9. The van der Waals surface area contributed by atoms with Crippen molar-refractivity contribution >= 4 is 5.91 Å². The second-order valence-corrected chi connectivity index (χ2v) is 3.14. The number of nitrogens with one attached hydrogen (secondary N) is 1. The van der Waals surface area contributed by atoms with Crippen molar-refractivity contribution in [2.75, 3.05) is 0 Å². The molecule has 1 amide bonds. The van der Waals surface area contributed by atoms with E-state index in [1.54, 1.807) is 0 Å². The summed E-state index contributed by atoms with van der Waals surface area (Å²) < 4.78 is 12.7. The molecule has 0 aromatic rings. The van der Waals surface area contributed by atoms with E-state index in [9.17, 15) is 9.18 Å². The Balaban J connectivity index is 2.06. The molecule has 1 aliphatic carbocycles. The number of rotatable bonds is 0. The lowest BCUT2D eigenvalue weighted by molar-refractivity contribution is -0.126. The van der Waals surface area contributed by atoms with Crippen LogP contribution in [0.2, 0.25) is 0 Å². The lowest BCUT2D eigenvalue weighted by atomic mass is 9.86. The molecule has 1 saturated carbocycles. The van der Waals surface area contributed by atoms with Crippen LogP contribution in [0.1, 0.15) is 19.3 Å². The Hall–Kier alpha value is -0.640. The van der Waals surface area contributed by atoms with Crippen molar-refractivity contribution in [1.29, 1.82) is 0 Å². The molecule has 0 aromatic heterocycles. The fourth-order valence-corrected chi connectivity index (χ4v) is 1.72. The maximum Gasteiger partial charge on any atom is 0.249 e. The van der Waals surface area contributed by atoms with Crippen LogP contribution < -0.4 is 5.48 Å². The summed E-state index contributed by atoms with van der Waals surface area (Å²) in [5.74, 6) is -0.177. The van der Waals surface area contributed by atoms with Gasteiger partial charge in [-0.3, -0.25) is 9.63 Å². The van der Waals surface area contributed by atoms with E-state index in [1.165, 1.54) is 0 Å². The normalized spacial score (nSPS) is 43.4. The number of amides is 1. The van der Waals surface area contributed by atoms with E-state index in [0.29, 0.717) is 19.3 Å². The molecule has 0 bridgehead atoms. The molecule has 0 radical (unpaired) electrons. The Morgan fingerprint density at radius 2 is 2.36 bits per heavy atom. The topological polar surface area (TPSA) is 38.3 Å². The van der Waals surface area contributed by atoms with Crippen molar-refractivity contribution in [1.82, 2.24) is 5.48 Å². The van der Waals surface area contributed by atoms with Crippen molar-refractivity contribution in [2.45, 2.75) is 31.5 Å². The highest BCUT2D eigenvalue weighted by Crippen LogP contribution is 2.31. The first-order valence-electron chi connectivity index (χ1n) is 3.87. The predicted molar refractivity (Wildman–Crippen MR) is 35.3 cm³/mol. The van der Waals surface area contributed by atoms with Crippen LogP contribution in [-0.2, 0) is 9.63 Å². The molecule has 3 nitrogen and oxygen atoms in total. The molecule has 3 atom stereocenters. The largest absolute Gasteiger partial charge is 0.272 e. The molecule has 1 N–H and O–H groups in total. The Morgan fingerprint density at radius 1 is 1.55 bits per heavy atom. The van der Waals surface area contributed by atoms with E-state index in [-0.39, 0.29) is 17.9 Å². The van der Waals surface area contributed by atoms with E-state index < -0.39 is 6.17 Å². The van der Waals surface area contributed by atoms with Gasteiger partial charge in [0.25, 0.3) is 0 Å². The Labute approximate surface area is 63.9 Å². The Bertz CT molecular complexity index is 185. The van der Waals surface area contributed by atoms with Crippen LogP contribution in [0.4, 0.5) is 4.39 Å². The van der Waals surface area contributed by atoms with Gasteiger partial charge in [0.2, 0.25) is 5.91 Å². The molecule has 3 unspecified atom stereocenters. The number of carbonyl (C=O) groups excluding carboxylic acids is 1. The summed E-state index contributed by atoms with van der Waals surface area (Å²) in [6.45, 7) is 0. The zero-order valence-electron chi connectivity index (χ0n) is 6.05. The zero-order chi connectivity index (χ0) is 7.84. The molecular weight excluding hydrogens is 149 g/mol. The van der Waals surface area contributed by atoms with Crippen molar-refractivity contribution in [3.63, 3.8) is 0 Å². The summed E-state index contributed by atoms with van der Waals surface area (Å²) in [5, 5.41) is 0. The van der Waals surface area contributed by atoms with Crippen molar-refractivity contribution in [3.05, 3.63) is 0 Å². The highest BCUT2D eigenvalue weighted by molar-refractivity contribution is 5.79. The Morgan fingerprint density at radius 3 is 3.18 bits per heavy atom. The van der Waals surface area contributed by atoms with Gasteiger partial charge in [0.1, 0.15) is 6.17 Å². The van der Waals surface area contributed by atoms with Crippen molar-refractivity contribution < 1.29 is 14.0 Å². The minimum absolute atomic E-state index is 0.0816. The second-order valence-electron chi connectivity index (χ2n) is 3.14. The number of alkyl halides is 1. The van der Waals surface area contributed by atoms with E-state index in [0.717, 1.165) is 0 Å². The number of hydrogen-bond acceptors (Lipinski definition) is 2. The molecule has 4 heteroatoms. The minimum atomic E-state index is -0.788. The van der Waals surface area contributed by atoms with Crippen LogP contribution >= 0.6 is 0 Å². The van der Waals surface area contributed by atoms with Crippen molar-refractivity contribution in [3.8, 4) is 0 Å². The quantitative estimate of drug-likeness (QED) is 0.560. The van der Waals surface area contributed by atoms with E-state index in [2.05, 4.69) is 5.48 Å². The third-order valence-electron chi connectivity index (χ3n) is 2.38. The molecule has 1 heterocycles. The van der Waals surface area contributed by atoms with Gasteiger partial charge in [-0.2, -0.15) is 0 Å². The van der Waals surface area contributed by atoms with Crippen LogP contribution in [-0.4, -0.2) is 18.2 Å². The fourth-order valence-electron chi connectivity index (χ4n) is 1.72. The number of halogens is 1. The van der Waals surface area contributed by atoms with Crippen LogP contribution in [0.25, 0.3) is 0 Å². The summed E-state index contributed by atoms with van der Waals surface area (Å²) in [6, 6.07) is 0. The first-order valence-corrected chi connectivity index (χ1v) is 3.87. The van der Waals surface area contributed by atoms with Gasteiger partial charge in [-0.1, -0.05) is 0 Å². The van der Waals surface area contributed by atoms with E-state index in [1.807, 2.05) is 0 Å². The lowest BCUT2D eigenvalue weighted by Crippen LogP contribution is -2.30. The fraction of sp³-hybridized carbons (Fsp3) is 0.857. The summed E-state index contributed by atoms with van der Waals surface area (Å²) in [5.41, 5.74) is 2.28. The second kappa shape index (κ2) is 2.44. The smallest absolute Gasteiger partial charge is 0.249 e. The Kier molecular flexibility index (Phi) is 1.56. The van der Waals surface area contributed by atoms with Crippen LogP contribution in [0.5, 0.6) is 0 Å². The maximum atomic E-state index is 12.7. The molecular formula is C7H10FNO2. The monoisotopic (exact) mass is 159 g/mol. The average Bonchev–Trinajstić information content (AvgIpc) is 2.32. The lowest BCUT2D eigenvalue weighted by Gasteiger charge is -2.22. The zero-order valence-corrected chi connectivity index (χ0v) is 6.05. The van der Waals surface area contributed by atoms with Crippen molar-refractivity contribution in [2.24, 2.45) is 5.92 Å². The molecule has 1 saturated heterocycles. The highest BCUT2D eigenvalue weighted by atomic mass is 19.1. The van der Waals surface area contributed by atoms with Crippen LogP contribution in [0.15, 0.2) is 0 Å². The molecule has 62 valence electrons. The van der Waals surface area contributed by atoms with Gasteiger partial charge in [0.15, 0.2) is 0 Å². The van der Waals surface area contributed by atoms with Gasteiger partial charge in [-0.05, 0) is 12.8 Å². The van der Waals surface area contributed by atoms with Crippen LogP contribution in [0.3, 0.4) is 0 Å². The first kappa shape index (κ1) is 7.03. The van der Waals surface area contributed by atoms with Gasteiger partial charge < -0.3 is 0 Å². The molecule has 11 heavy (non-hydrogen) atoms. The third kappa shape index (κ3) is 1.11. The number of carbonyl (C=O) groups is 1. The molecule has 0 spiro atoms. The SMILES string of the molecule is O=C1NOC2CC(F)CCC12. The molecule has 2 aliphatic rings. The van der Waals surface area contributed by atoms with Gasteiger partial charge >= 0.3 is 0 Å². The number of hydrogen-bond donors (Lipinski definition) is 1. The average molecular weight is 159 g/mol. The van der Waals surface area contributed by atoms with Gasteiger partial charge in [-0.15, -0.1) is 0 Å². The molecule has 2 rings (SSSR count). The van der Waals surface area contributed by atoms with Gasteiger partial charge in [0, 0.05) is 6.42 Å². The molecule has 1 aliphatic heterocycles. The van der Waals surface area contributed by atoms with Crippen LogP contribution in [0, 0.1) is 5.92 Å².